The quantitative estimate of drug-likeness (QED) is 0.346. The van der Waals surface area contributed by atoms with Gasteiger partial charge in [0.05, 0.1) is 11.9 Å². The maximum atomic E-state index is 13.3. The van der Waals surface area contributed by atoms with Crippen molar-refractivity contribution in [1.29, 1.82) is 0 Å². The Morgan fingerprint density at radius 3 is 2.71 bits per heavy atom. The molecular formula is C29H28N4O. The fourth-order valence-corrected chi connectivity index (χ4v) is 4.91. The smallest absolute Gasteiger partial charge is 0.260 e. The molecular weight excluding hydrogens is 420 g/mol. The number of H-pyrrole nitrogens is 1. The lowest BCUT2D eigenvalue weighted by atomic mass is 9.85. The molecule has 0 unspecified atom stereocenters. The van der Waals surface area contributed by atoms with Crippen molar-refractivity contribution in [3.05, 3.63) is 101 Å². The number of benzene rings is 2. The number of rotatable bonds is 7. The van der Waals surface area contributed by atoms with Crippen molar-refractivity contribution < 1.29 is 0 Å². The third-order valence-corrected chi connectivity index (χ3v) is 7.05. The molecule has 0 aliphatic heterocycles. The molecule has 3 aromatic heterocycles. The fraction of sp³-hybridized carbons (Fsp3) is 0.241. The number of hydrogen-bond donors (Lipinski definition) is 2. The van der Waals surface area contributed by atoms with Gasteiger partial charge >= 0.3 is 0 Å². The van der Waals surface area contributed by atoms with E-state index >= 15 is 0 Å². The maximum Gasteiger partial charge on any atom is 0.260 e. The molecule has 2 aromatic carbocycles. The van der Waals surface area contributed by atoms with E-state index in [1.807, 2.05) is 48.8 Å². The highest BCUT2D eigenvalue weighted by atomic mass is 16.1. The molecule has 6 rings (SSSR count). The summed E-state index contributed by atoms with van der Waals surface area (Å²) in [6.45, 7) is 2.49. The second-order valence-electron chi connectivity index (χ2n) is 9.41. The lowest BCUT2D eigenvalue weighted by Gasteiger charge is -2.25. The Hall–Kier alpha value is -3.70. The molecule has 0 atom stereocenters. The largest absolute Gasteiger partial charge is 0.357 e. The Morgan fingerprint density at radius 2 is 1.88 bits per heavy atom. The van der Waals surface area contributed by atoms with Crippen LogP contribution in [-0.4, -0.2) is 21.1 Å². The molecule has 2 N–H and O–H groups in total. The highest BCUT2D eigenvalue weighted by Gasteiger charge is 2.16. The lowest BCUT2D eigenvalue weighted by Crippen LogP contribution is -2.26. The standard InChI is InChI=1S/C29H28N4O/c34-29-27-18-31-17-26(22-7-2-1-3-8-22)25(27)11-12-33(29)19-21-9-10-23-14-24(32-28(23)13-21)16-30-15-20-5-4-6-20/h1-3,7-14,17-18,20,30,32H,4-6,15-16,19H2. The number of hydrogen-bond acceptors (Lipinski definition) is 3. The van der Waals surface area contributed by atoms with Crippen LogP contribution >= 0.6 is 0 Å². The molecule has 1 aliphatic carbocycles. The Morgan fingerprint density at radius 1 is 1.00 bits per heavy atom. The first kappa shape index (κ1) is 20.9. The van der Waals surface area contributed by atoms with Crippen LogP contribution in [0.1, 0.15) is 30.5 Å². The summed E-state index contributed by atoms with van der Waals surface area (Å²) in [5.74, 6) is 0.857. The van der Waals surface area contributed by atoms with Gasteiger partial charge in [0.15, 0.2) is 0 Å². The molecule has 0 bridgehead atoms. The van der Waals surface area contributed by atoms with Gasteiger partial charge in [0.2, 0.25) is 0 Å². The van der Waals surface area contributed by atoms with E-state index in [0.717, 1.165) is 46.6 Å². The fourth-order valence-electron chi connectivity index (χ4n) is 4.91. The summed E-state index contributed by atoms with van der Waals surface area (Å²) in [4.78, 5) is 21.2. The van der Waals surface area contributed by atoms with Gasteiger partial charge in [-0.25, -0.2) is 0 Å². The number of nitrogens with one attached hydrogen (secondary N) is 2. The lowest BCUT2D eigenvalue weighted by molar-refractivity contribution is 0.301. The first-order chi connectivity index (χ1) is 16.7. The molecule has 1 aliphatic rings. The molecule has 0 radical (unpaired) electrons. The molecule has 0 spiro atoms. The SMILES string of the molecule is O=c1c2cncc(-c3ccccc3)c2ccn1Cc1ccc2cc(CNCC3CCC3)[nH]c2c1. The van der Waals surface area contributed by atoms with Crippen LogP contribution in [0.2, 0.25) is 0 Å². The van der Waals surface area contributed by atoms with Gasteiger partial charge in [-0.2, -0.15) is 0 Å². The van der Waals surface area contributed by atoms with Gasteiger partial charge in [0, 0.05) is 41.9 Å². The van der Waals surface area contributed by atoms with Gasteiger partial charge in [-0.1, -0.05) is 48.9 Å². The van der Waals surface area contributed by atoms with Crippen LogP contribution in [0, 0.1) is 5.92 Å². The van der Waals surface area contributed by atoms with E-state index in [1.54, 1.807) is 10.8 Å². The van der Waals surface area contributed by atoms with Crippen molar-refractivity contribution in [1.82, 2.24) is 19.9 Å². The van der Waals surface area contributed by atoms with Crippen molar-refractivity contribution in [2.75, 3.05) is 6.54 Å². The molecule has 5 aromatic rings. The highest BCUT2D eigenvalue weighted by Crippen LogP contribution is 2.27. The van der Waals surface area contributed by atoms with Crippen LogP contribution in [0.15, 0.2) is 84.0 Å². The van der Waals surface area contributed by atoms with Gasteiger partial charge in [-0.15, -0.1) is 0 Å². The van der Waals surface area contributed by atoms with Crippen LogP contribution in [0.5, 0.6) is 0 Å². The highest BCUT2D eigenvalue weighted by molar-refractivity contribution is 5.95. The van der Waals surface area contributed by atoms with Crippen molar-refractivity contribution >= 4 is 21.7 Å². The van der Waals surface area contributed by atoms with Crippen LogP contribution in [-0.2, 0) is 13.1 Å². The minimum Gasteiger partial charge on any atom is -0.357 e. The first-order valence-electron chi connectivity index (χ1n) is 12.1. The Bertz CT molecular complexity index is 1510. The first-order valence-corrected chi connectivity index (χ1v) is 12.1. The molecule has 5 nitrogen and oxygen atoms in total. The van der Waals surface area contributed by atoms with Crippen LogP contribution in [0.3, 0.4) is 0 Å². The normalized spacial score (nSPS) is 14.0. The van der Waals surface area contributed by atoms with E-state index in [4.69, 9.17) is 0 Å². The van der Waals surface area contributed by atoms with Crippen LogP contribution in [0.4, 0.5) is 0 Å². The van der Waals surface area contributed by atoms with Gasteiger partial charge in [-0.05, 0) is 65.4 Å². The third kappa shape index (κ3) is 4.03. The molecule has 5 heteroatoms. The number of fused-ring (bicyclic) bond motifs is 2. The maximum absolute atomic E-state index is 13.3. The number of pyridine rings is 2. The van der Waals surface area contributed by atoms with Gasteiger partial charge in [-0.3, -0.25) is 9.78 Å². The monoisotopic (exact) mass is 448 g/mol. The predicted molar refractivity (Wildman–Crippen MR) is 138 cm³/mol. The summed E-state index contributed by atoms with van der Waals surface area (Å²) in [5, 5.41) is 6.35. The van der Waals surface area contributed by atoms with E-state index in [1.165, 1.54) is 30.3 Å². The van der Waals surface area contributed by atoms with Crippen molar-refractivity contribution in [3.63, 3.8) is 0 Å². The van der Waals surface area contributed by atoms with Crippen LogP contribution in [0.25, 0.3) is 32.8 Å². The van der Waals surface area contributed by atoms with E-state index in [9.17, 15) is 4.79 Å². The molecule has 1 saturated carbocycles. The number of nitrogens with zero attached hydrogens (tertiary/aromatic N) is 2. The molecule has 170 valence electrons. The minimum atomic E-state index is -0.0183. The molecule has 0 amide bonds. The average molecular weight is 449 g/mol. The van der Waals surface area contributed by atoms with E-state index in [0.29, 0.717) is 11.9 Å². The van der Waals surface area contributed by atoms with Crippen molar-refractivity contribution in [2.45, 2.75) is 32.4 Å². The van der Waals surface area contributed by atoms with E-state index in [-0.39, 0.29) is 5.56 Å². The second-order valence-corrected chi connectivity index (χ2v) is 9.41. The second kappa shape index (κ2) is 8.92. The van der Waals surface area contributed by atoms with E-state index in [2.05, 4.69) is 39.6 Å². The molecule has 3 heterocycles. The zero-order chi connectivity index (χ0) is 22.9. The average Bonchev–Trinajstić information content (AvgIpc) is 3.25. The molecule has 0 saturated heterocycles. The predicted octanol–water partition coefficient (Wildman–Crippen LogP) is 5.48. The van der Waals surface area contributed by atoms with Crippen molar-refractivity contribution in [3.8, 4) is 11.1 Å². The van der Waals surface area contributed by atoms with Crippen LogP contribution < -0.4 is 10.9 Å². The number of aromatic nitrogens is 3. The zero-order valence-corrected chi connectivity index (χ0v) is 19.1. The summed E-state index contributed by atoms with van der Waals surface area (Å²) >= 11 is 0. The third-order valence-electron chi connectivity index (χ3n) is 7.05. The minimum absolute atomic E-state index is 0.0183. The van der Waals surface area contributed by atoms with Gasteiger partial charge in [0.25, 0.3) is 5.56 Å². The summed E-state index contributed by atoms with van der Waals surface area (Å²) < 4.78 is 1.77. The summed E-state index contributed by atoms with van der Waals surface area (Å²) in [5.41, 5.74) is 5.43. The summed E-state index contributed by atoms with van der Waals surface area (Å²) in [6.07, 6.45) is 9.51. The molecule has 34 heavy (non-hydrogen) atoms. The number of aromatic amines is 1. The summed E-state index contributed by atoms with van der Waals surface area (Å²) in [6, 6.07) is 20.7. The van der Waals surface area contributed by atoms with Gasteiger partial charge < -0.3 is 14.9 Å². The Kier molecular flexibility index (Phi) is 5.47. The Balaban J connectivity index is 1.25. The molecule has 1 fully saturated rings. The Labute approximate surface area is 198 Å². The zero-order valence-electron chi connectivity index (χ0n) is 19.1. The topological polar surface area (TPSA) is 62.7 Å². The van der Waals surface area contributed by atoms with Crippen molar-refractivity contribution in [2.24, 2.45) is 5.92 Å². The van der Waals surface area contributed by atoms with E-state index < -0.39 is 0 Å². The van der Waals surface area contributed by atoms with Gasteiger partial charge in [0.1, 0.15) is 0 Å². The summed E-state index contributed by atoms with van der Waals surface area (Å²) in [7, 11) is 0.